The molecule has 0 spiro atoms. The second-order valence-electron chi connectivity index (χ2n) is 10.9. The van der Waals surface area contributed by atoms with Gasteiger partial charge < -0.3 is 0 Å². The van der Waals surface area contributed by atoms with Gasteiger partial charge in [-0.25, -0.2) is 9.97 Å². The molecular formula is C25H36N6O. The number of anilines is 1. The summed E-state index contributed by atoms with van der Waals surface area (Å²) in [4.78, 5) is 27.3. The number of rotatable bonds is 5. The monoisotopic (exact) mass is 436 g/mol. The molecule has 2 fully saturated rings. The summed E-state index contributed by atoms with van der Waals surface area (Å²) in [7, 11) is 0. The molecule has 1 amide bonds. The zero-order chi connectivity index (χ0) is 22.5. The van der Waals surface area contributed by atoms with Crippen LogP contribution in [0.15, 0.2) is 6.20 Å². The number of hydrogen-bond donors (Lipinski definition) is 1. The van der Waals surface area contributed by atoms with Crippen LogP contribution >= 0.6 is 0 Å². The molecule has 7 nitrogen and oxygen atoms in total. The summed E-state index contributed by atoms with van der Waals surface area (Å²) < 4.78 is 0. The molecule has 0 bridgehead atoms. The average Bonchev–Trinajstić information content (AvgIpc) is 3.44. The van der Waals surface area contributed by atoms with Crippen molar-refractivity contribution in [3.05, 3.63) is 34.5 Å². The maximum atomic E-state index is 12.8. The Morgan fingerprint density at radius 2 is 1.94 bits per heavy atom. The third-order valence-electron chi connectivity index (χ3n) is 7.25. The van der Waals surface area contributed by atoms with Gasteiger partial charge in [0.15, 0.2) is 0 Å². The van der Waals surface area contributed by atoms with E-state index < -0.39 is 0 Å². The number of aryl methyl sites for hydroxylation is 1. The second kappa shape index (κ2) is 8.25. The number of aromatic amines is 1. The van der Waals surface area contributed by atoms with E-state index in [4.69, 9.17) is 9.97 Å². The smallest absolute Gasteiger partial charge is 0.228 e. The van der Waals surface area contributed by atoms with E-state index in [1.807, 2.05) is 11.1 Å². The molecule has 4 heterocycles. The summed E-state index contributed by atoms with van der Waals surface area (Å²) in [5.41, 5.74) is 4.69. The van der Waals surface area contributed by atoms with Gasteiger partial charge in [-0.15, -0.1) is 0 Å². The van der Waals surface area contributed by atoms with Crippen LogP contribution in [0.5, 0.6) is 0 Å². The van der Waals surface area contributed by atoms with Crippen molar-refractivity contribution in [1.82, 2.24) is 25.1 Å². The quantitative estimate of drug-likeness (QED) is 0.759. The third-order valence-corrected chi connectivity index (χ3v) is 7.25. The fourth-order valence-electron chi connectivity index (χ4n) is 5.27. The lowest BCUT2D eigenvalue weighted by Crippen LogP contribution is -2.39. The van der Waals surface area contributed by atoms with Crippen molar-refractivity contribution < 1.29 is 4.79 Å². The Hall–Kier alpha value is -2.28. The first-order valence-electron chi connectivity index (χ1n) is 12.3. The number of nitrogens with zero attached hydrogens (tertiary/aromatic N) is 5. The number of piperidine rings is 1. The molecule has 1 aliphatic carbocycles. The van der Waals surface area contributed by atoms with E-state index in [-0.39, 0.29) is 17.4 Å². The maximum absolute atomic E-state index is 12.8. The summed E-state index contributed by atoms with van der Waals surface area (Å²) in [6.45, 7) is 11.5. The summed E-state index contributed by atoms with van der Waals surface area (Å²) in [6.07, 6.45) is 9.20. The predicted octanol–water partition coefficient (Wildman–Crippen LogP) is 4.22. The fourth-order valence-corrected chi connectivity index (χ4v) is 5.27. The Morgan fingerprint density at radius 3 is 2.69 bits per heavy atom. The Labute approximate surface area is 191 Å². The molecule has 3 aliphatic rings. The van der Waals surface area contributed by atoms with E-state index in [0.717, 1.165) is 49.8 Å². The van der Waals surface area contributed by atoms with Gasteiger partial charge in [0.1, 0.15) is 11.6 Å². The number of nitrogens with one attached hydrogen (secondary N) is 1. The first-order valence-corrected chi connectivity index (χ1v) is 12.3. The van der Waals surface area contributed by atoms with E-state index in [9.17, 15) is 4.79 Å². The van der Waals surface area contributed by atoms with Crippen molar-refractivity contribution in [2.24, 2.45) is 5.92 Å². The van der Waals surface area contributed by atoms with Gasteiger partial charge in [0.25, 0.3) is 0 Å². The zero-order valence-electron chi connectivity index (χ0n) is 19.9. The molecule has 1 saturated carbocycles. The molecule has 2 aromatic rings. The number of aromatic nitrogens is 4. The summed E-state index contributed by atoms with van der Waals surface area (Å²) >= 11 is 0. The van der Waals surface area contributed by atoms with Crippen molar-refractivity contribution in [2.45, 2.75) is 90.6 Å². The van der Waals surface area contributed by atoms with Crippen LogP contribution in [0.25, 0.3) is 0 Å². The molecule has 2 aromatic heterocycles. The van der Waals surface area contributed by atoms with Crippen LogP contribution in [0.2, 0.25) is 0 Å². The van der Waals surface area contributed by atoms with E-state index in [2.05, 4.69) is 42.8 Å². The fraction of sp³-hybridized carbons (Fsp3) is 0.680. The Kier molecular flexibility index (Phi) is 5.56. The van der Waals surface area contributed by atoms with Crippen molar-refractivity contribution in [3.63, 3.8) is 0 Å². The lowest BCUT2D eigenvalue weighted by molar-refractivity contribution is -0.119. The SMILES string of the molecule is Cc1nc([C@@H]2CCCCN2Cc2cn[nH]c2C(C)(C)C)nc2c1CCC(=O)N2CC1CC1. The highest BCUT2D eigenvalue weighted by Gasteiger charge is 2.35. The van der Waals surface area contributed by atoms with Crippen LogP contribution in [0.4, 0.5) is 5.82 Å². The zero-order valence-corrected chi connectivity index (χ0v) is 19.9. The van der Waals surface area contributed by atoms with Gasteiger partial charge >= 0.3 is 0 Å². The normalized spacial score (nSPS) is 22.3. The van der Waals surface area contributed by atoms with Crippen molar-refractivity contribution in [3.8, 4) is 0 Å². The number of H-pyrrole nitrogens is 1. The van der Waals surface area contributed by atoms with Gasteiger partial charge in [-0.05, 0) is 51.5 Å². The standard InChI is InChI=1S/C25H36N6O/c1-16-19-10-11-21(32)31(14-17-8-9-17)24(19)28-23(27-16)20-7-5-6-12-30(20)15-18-13-26-29-22(18)25(2,3)4/h13,17,20H,5-12,14-15H2,1-4H3,(H,26,29)/t20-/m0/s1. The number of likely N-dealkylation sites (tertiary alicyclic amines) is 1. The minimum Gasteiger partial charge on any atom is -0.296 e. The Morgan fingerprint density at radius 1 is 1.12 bits per heavy atom. The number of carbonyl (C=O) groups excluding carboxylic acids is 1. The molecule has 2 aliphatic heterocycles. The molecule has 32 heavy (non-hydrogen) atoms. The minimum absolute atomic E-state index is 0.0275. The van der Waals surface area contributed by atoms with Crippen molar-refractivity contribution in [2.75, 3.05) is 18.0 Å². The third kappa shape index (κ3) is 4.19. The molecule has 0 unspecified atom stereocenters. The summed E-state index contributed by atoms with van der Waals surface area (Å²) in [5.74, 6) is 2.64. The highest BCUT2D eigenvalue weighted by molar-refractivity contribution is 5.95. The Balaban J connectivity index is 1.46. The van der Waals surface area contributed by atoms with Crippen LogP contribution in [-0.2, 0) is 23.2 Å². The van der Waals surface area contributed by atoms with Crippen LogP contribution in [0.1, 0.15) is 93.7 Å². The molecule has 7 heteroatoms. The van der Waals surface area contributed by atoms with Gasteiger partial charge in [0.05, 0.1) is 12.2 Å². The van der Waals surface area contributed by atoms with Gasteiger partial charge in [0, 0.05) is 47.4 Å². The number of amides is 1. The molecule has 0 radical (unpaired) electrons. The predicted molar refractivity (Wildman–Crippen MR) is 124 cm³/mol. The molecule has 0 aromatic carbocycles. The largest absolute Gasteiger partial charge is 0.296 e. The lowest BCUT2D eigenvalue weighted by atomic mass is 9.89. The average molecular weight is 437 g/mol. The number of fused-ring (bicyclic) bond motifs is 1. The van der Waals surface area contributed by atoms with E-state index in [1.54, 1.807) is 0 Å². The van der Waals surface area contributed by atoms with E-state index in [1.165, 1.54) is 42.5 Å². The van der Waals surface area contributed by atoms with Gasteiger partial charge in [-0.1, -0.05) is 27.2 Å². The van der Waals surface area contributed by atoms with Crippen LogP contribution < -0.4 is 4.90 Å². The number of carbonyl (C=O) groups is 1. The van der Waals surface area contributed by atoms with Gasteiger partial charge in [0.2, 0.25) is 5.91 Å². The first-order chi connectivity index (χ1) is 15.3. The first kappa shape index (κ1) is 21.6. The molecular weight excluding hydrogens is 400 g/mol. The molecule has 1 N–H and O–H groups in total. The van der Waals surface area contributed by atoms with Crippen molar-refractivity contribution in [1.29, 1.82) is 0 Å². The highest BCUT2D eigenvalue weighted by Crippen LogP contribution is 2.38. The Bertz CT molecular complexity index is 1000. The van der Waals surface area contributed by atoms with E-state index in [0.29, 0.717) is 12.3 Å². The van der Waals surface area contributed by atoms with Crippen LogP contribution in [0.3, 0.4) is 0 Å². The second-order valence-corrected chi connectivity index (χ2v) is 10.9. The molecule has 5 rings (SSSR count). The highest BCUT2D eigenvalue weighted by atomic mass is 16.2. The summed E-state index contributed by atoms with van der Waals surface area (Å²) in [5, 5.41) is 7.57. The van der Waals surface area contributed by atoms with Crippen LogP contribution in [-0.4, -0.2) is 44.1 Å². The maximum Gasteiger partial charge on any atom is 0.228 e. The molecule has 1 atom stereocenters. The van der Waals surface area contributed by atoms with Crippen LogP contribution in [0, 0.1) is 12.8 Å². The molecule has 172 valence electrons. The molecule has 1 saturated heterocycles. The minimum atomic E-state index is 0.0275. The lowest BCUT2D eigenvalue weighted by Gasteiger charge is -2.36. The van der Waals surface area contributed by atoms with E-state index >= 15 is 0 Å². The van der Waals surface area contributed by atoms with Gasteiger partial charge in [-0.3, -0.25) is 19.7 Å². The van der Waals surface area contributed by atoms with Crippen molar-refractivity contribution >= 4 is 11.7 Å². The summed E-state index contributed by atoms with van der Waals surface area (Å²) in [6, 6.07) is 0.176. The van der Waals surface area contributed by atoms with Gasteiger partial charge in [-0.2, -0.15) is 5.10 Å². The number of hydrogen-bond acceptors (Lipinski definition) is 5. The topological polar surface area (TPSA) is 78.0 Å².